The molecule has 1 aliphatic rings. The Balaban J connectivity index is 1.19. The first kappa shape index (κ1) is 25.9. The Morgan fingerprint density at radius 2 is 1.62 bits per heavy atom. The van der Waals surface area contributed by atoms with E-state index in [4.69, 9.17) is 9.47 Å². The van der Waals surface area contributed by atoms with E-state index in [-0.39, 0.29) is 6.09 Å². The molecule has 0 saturated heterocycles. The number of benzene rings is 3. The number of amides is 1. The van der Waals surface area contributed by atoms with E-state index in [1.165, 1.54) is 0 Å². The Hall–Kier alpha value is -4.13. The van der Waals surface area contributed by atoms with Gasteiger partial charge < -0.3 is 19.3 Å². The van der Waals surface area contributed by atoms with Gasteiger partial charge in [0.05, 0.1) is 0 Å². The molecule has 1 amide bonds. The summed E-state index contributed by atoms with van der Waals surface area (Å²) in [5.74, 6) is 0.459. The normalized spacial score (nSPS) is 14.0. The SMILES string of the molecule is Cc1ccc(OC(=O)N(C)CCCCCCN(C)C=C2N=C(c3cccc4ccccc34)OC2=O)cc1. The molecule has 4 rings (SSSR count). The average molecular weight is 500 g/mol. The van der Waals surface area contributed by atoms with Crippen molar-refractivity contribution in [2.75, 3.05) is 27.2 Å². The molecule has 0 aromatic heterocycles. The maximum atomic E-state index is 12.4. The number of nitrogens with zero attached hydrogens (tertiary/aromatic N) is 3. The number of carbonyl (C=O) groups excluding carboxylic acids is 2. The molecule has 1 heterocycles. The van der Waals surface area contributed by atoms with Gasteiger partial charge in [0.2, 0.25) is 5.90 Å². The Kier molecular flexibility index (Phi) is 8.56. The van der Waals surface area contributed by atoms with Crippen molar-refractivity contribution in [3.63, 3.8) is 0 Å². The molecule has 0 bridgehead atoms. The van der Waals surface area contributed by atoms with E-state index in [0.717, 1.165) is 54.1 Å². The molecule has 0 fully saturated rings. The number of carbonyl (C=O) groups is 2. The maximum Gasteiger partial charge on any atom is 0.414 e. The Morgan fingerprint density at radius 1 is 0.919 bits per heavy atom. The van der Waals surface area contributed by atoms with E-state index in [1.54, 1.807) is 30.3 Å². The van der Waals surface area contributed by atoms with Gasteiger partial charge in [0.1, 0.15) is 5.75 Å². The summed E-state index contributed by atoms with van der Waals surface area (Å²) in [6.07, 6.45) is 5.28. The van der Waals surface area contributed by atoms with Gasteiger partial charge in [-0.25, -0.2) is 14.6 Å². The molecule has 0 unspecified atom stereocenters. The van der Waals surface area contributed by atoms with Crippen LogP contribution in [0.4, 0.5) is 4.79 Å². The molecule has 0 aliphatic carbocycles. The Bertz CT molecular complexity index is 1310. The third-order valence-electron chi connectivity index (χ3n) is 6.28. The summed E-state index contributed by atoms with van der Waals surface area (Å²) < 4.78 is 10.9. The number of esters is 1. The number of unbranched alkanes of at least 4 members (excludes halogenated alkanes) is 3. The lowest BCUT2D eigenvalue weighted by Crippen LogP contribution is -2.30. The van der Waals surface area contributed by atoms with Crippen molar-refractivity contribution in [1.29, 1.82) is 0 Å². The fourth-order valence-electron chi connectivity index (χ4n) is 4.14. The van der Waals surface area contributed by atoms with Crippen molar-refractivity contribution >= 4 is 28.7 Å². The molecule has 3 aromatic rings. The second-order valence-electron chi connectivity index (χ2n) is 9.34. The number of hydrogen-bond acceptors (Lipinski definition) is 6. The molecule has 3 aromatic carbocycles. The summed E-state index contributed by atoms with van der Waals surface area (Å²) in [5.41, 5.74) is 2.24. The van der Waals surface area contributed by atoms with E-state index in [2.05, 4.69) is 4.99 Å². The second-order valence-corrected chi connectivity index (χ2v) is 9.34. The van der Waals surface area contributed by atoms with E-state index >= 15 is 0 Å². The lowest BCUT2D eigenvalue weighted by Gasteiger charge is -2.17. The highest BCUT2D eigenvalue weighted by molar-refractivity contribution is 6.16. The first-order valence-corrected chi connectivity index (χ1v) is 12.6. The molecule has 1 aliphatic heterocycles. The third kappa shape index (κ3) is 6.97. The van der Waals surface area contributed by atoms with Crippen LogP contribution in [0.1, 0.15) is 36.8 Å². The molecular weight excluding hydrogens is 466 g/mol. The Labute approximate surface area is 218 Å². The quantitative estimate of drug-likeness (QED) is 0.197. The first-order valence-electron chi connectivity index (χ1n) is 12.6. The lowest BCUT2D eigenvalue weighted by molar-refractivity contribution is -0.130. The topological polar surface area (TPSA) is 71.4 Å². The molecule has 0 radical (unpaired) electrons. The zero-order valence-electron chi connectivity index (χ0n) is 21.6. The highest BCUT2D eigenvalue weighted by Gasteiger charge is 2.25. The number of ether oxygens (including phenoxy) is 2. The number of aliphatic imine (C=N–C) groups is 1. The van der Waals surface area contributed by atoms with E-state index in [9.17, 15) is 9.59 Å². The number of hydrogen-bond donors (Lipinski definition) is 0. The number of aryl methyl sites for hydroxylation is 1. The molecule has 0 atom stereocenters. The third-order valence-corrected chi connectivity index (χ3v) is 6.28. The fourth-order valence-corrected chi connectivity index (χ4v) is 4.14. The predicted octanol–water partition coefficient (Wildman–Crippen LogP) is 5.92. The van der Waals surface area contributed by atoms with Crippen LogP contribution in [0, 0.1) is 6.92 Å². The molecule has 37 heavy (non-hydrogen) atoms. The van der Waals surface area contributed by atoms with Gasteiger partial charge in [0.25, 0.3) is 0 Å². The highest BCUT2D eigenvalue weighted by Crippen LogP contribution is 2.24. The smallest absolute Gasteiger partial charge is 0.410 e. The summed E-state index contributed by atoms with van der Waals surface area (Å²) in [6, 6.07) is 21.3. The van der Waals surface area contributed by atoms with Gasteiger partial charge in [0, 0.05) is 38.9 Å². The zero-order chi connectivity index (χ0) is 26.2. The second kappa shape index (κ2) is 12.2. The minimum Gasteiger partial charge on any atom is -0.410 e. The largest absolute Gasteiger partial charge is 0.414 e. The molecule has 0 saturated carbocycles. The van der Waals surface area contributed by atoms with Crippen LogP contribution in [0.5, 0.6) is 5.75 Å². The van der Waals surface area contributed by atoms with Crippen molar-refractivity contribution in [2.45, 2.75) is 32.6 Å². The van der Waals surface area contributed by atoms with Crippen molar-refractivity contribution in [2.24, 2.45) is 4.99 Å². The molecular formula is C30H33N3O4. The number of fused-ring (bicyclic) bond motifs is 1. The predicted molar refractivity (Wildman–Crippen MR) is 146 cm³/mol. The summed E-state index contributed by atoms with van der Waals surface area (Å²) in [5, 5.41) is 2.07. The summed E-state index contributed by atoms with van der Waals surface area (Å²) in [7, 11) is 3.69. The number of rotatable bonds is 10. The van der Waals surface area contributed by atoms with Crippen molar-refractivity contribution in [1.82, 2.24) is 9.80 Å². The summed E-state index contributed by atoms with van der Waals surface area (Å²) >= 11 is 0. The fraction of sp³-hybridized carbons (Fsp3) is 0.300. The van der Waals surface area contributed by atoms with Crippen LogP contribution in [-0.4, -0.2) is 54.9 Å². The van der Waals surface area contributed by atoms with Gasteiger partial charge >= 0.3 is 12.1 Å². The zero-order valence-corrected chi connectivity index (χ0v) is 21.6. The summed E-state index contributed by atoms with van der Waals surface area (Å²) in [6.45, 7) is 3.43. The van der Waals surface area contributed by atoms with Crippen molar-refractivity contribution in [3.8, 4) is 5.75 Å². The minimum absolute atomic E-state index is 0.305. The highest BCUT2D eigenvalue weighted by atomic mass is 16.6. The van der Waals surface area contributed by atoms with Gasteiger partial charge in [-0.3, -0.25) is 0 Å². The molecule has 192 valence electrons. The Morgan fingerprint density at radius 3 is 2.41 bits per heavy atom. The van der Waals surface area contributed by atoms with Crippen molar-refractivity contribution < 1.29 is 19.1 Å². The standard InChI is InChI=1S/C30H33N3O4/c1-22-15-17-24(18-16-22)36-30(35)33(3)20-9-5-4-8-19-32(2)21-27-29(34)37-28(31-27)26-14-10-12-23-11-6-7-13-25(23)26/h6-7,10-18,21H,4-5,8-9,19-20H2,1-3H3. The van der Waals surface area contributed by atoms with Crippen LogP contribution in [0.25, 0.3) is 10.8 Å². The first-order chi connectivity index (χ1) is 17.9. The minimum atomic E-state index is -0.435. The van der Waals surface area contributed by atoms with Crippen LogP contribution < -0.4 is 4.74 Å². The van der Waals surface area contributed by atoms with E-state index in [1.807, 2.05) is 73.5 Å². The molecule has 0 N–H and O–H groups in total. The average Bonchev–Trinajstić information content (AvgIpc) is 3.26. The van der Waals surface area contributed by atoms with Crippen LogP contribution in [0.15, 0.2) is 83.6 Å². The van der Waals surface area contributed by atoms with E-state index in [0.29, 0.717) is 23.9 Å². The van der Waals surface area contributed by atoms with Crippen molar-refractivity contribution in [3.05, 3.63) is 89.8 Å². The van der Waals surface area contributed by atoms with E-state index < -0.39 is 5.97 Å². The molecule has 0 spiro atoms. The van der Waals surface area contributed by atoms with Gasteiger partial charge in [-0.15, -0.1) is 0 Å². The van der Waals surface area contributed by atoms with Crippen LogP contribution in [0.2, 0.25) is 0 Å². The van der Waals surface area contributed by atoms with Gasteiger partial charge in [-0.2, -0.15) is 0 Å². The van der Waals surface area contributed by atoms with Crippen LogP contribution in [0.3, 0.4) is 0 Å². The van der Waals surface area contributed by atoms with Gasteiger partial charge in [-0.1, -0.05) is 66.9 Å². The van der Waals surface area contributed by atoms with Gasteiger partial charge in [-0.05, 0) is 48.7 Å². The maximum absolute atomic E-state index is 12.4. The van der Waals surface area contributed by atoms with Crippen LogP contribution in [-0.2, 0) is 9.53 Å². The monoisotopic (exact) mass is 499 g/mol. The van der Waals surface area contributed by atoms with Gasteiger partial charge in [0.15, 0.2) is 5.70 Å². The summed E-state index contributed by atoms with van der Waals surface area (Å²) in [4.78, 5) is 32.7. The number of cyclic esters (lactones) is 1. The molecule has 7 heteroatoms. The lowest BCUT2D eigenvalue weighted by atomic mass is 10.0. The van der Waals surface area contributed by atoms with Crippen LogP contribution >= 0.6 is 0 Å². The molecule has 7 nitrogen and oxygen atoms in total.